The molecule has 0 bridgehead atoms. The van der Waals surface area contributed by atoms with Crippen LogP contribution in [0.25, 0.3) is 0 Å². The summed E-state index contributed by atoms with van der Waals surface area (Å²) < 4.78 is 49.5. The van der Waals surface area contributed by atoms with E-state index in [1.807, 2.05) is 6.07 Å². The summed E-state index contributed by atoms with van der Waals surface area (Å²) in [7, 11) is 0. The van der Waals surface area contributed by atoms with Crippen molar-refractivity contribution in [2.45, 2.75) is 70.3 Å². The number of halogens is 3. The van der Waals surface area contributed by atoms with E-state index in [9.17, 15) is 8.78 Å². The van der Waals surface area contributed by atoms with Crippen molar-refractivity contribution in [1.82, 2.24) is 0 Å². The molecule has 2 aromatic carbocycles. The predicted octanol–water partition coefficient (Wildman–Crippen LogP) is 7.71. The van der Waals surface area contributed by atoms with Gasteiger partial charge in [0.15, 0.2) is 11.6 Å². The van der Waals surface area contributed by atoms with Gasteiger partial charge in [0.05, 0.1) is 11.7 Å². The molecular weight excluding hydrogens is 433 g/mol. The van der Waals surface area contributed by atoms with Gasteiger partial charge in [0, 0.05) is 12.2 Å². The number of rotatable bonds is 6. The highest BCUT2D eigenvalue weighted by Gasteiger charge is 2.36. The Morgan fingerprint density at radius 1 is 0.971 bits per heavy atom. The second kappa shape index (κ2) is 11.3. The lowest BCUT2D eigenvalue weighted by atomic mass is 9.65. The number of allylic oxidation sites excluding steroid dienone is 1. The Bertz CT molecular complexity index is 1080. The molecule has 0 spiro atoms. The minimum absolute atomic E-state index is 0.0229. The van der Waals surface area contributed by atoms with Crippen LogP contribution in [0.3, 0.4) is 0 Å². The molecule has 180 valence electrons. The van der Waals surface area contributed by atoms with Crippen LogP contribution < -0.4 is 0 Å². The van der Waals surface area contributed by atoms with Crippen LogP contribution in [0, 0.1) is 41.1 Å². The molecule has 0 N–H and O–H groups in total. The minimum atomic E-state index is -0.957. The Balaban J connectivity index is 1.44. The van der Waals surface area contributed by atoms with Gasteiger partial charge in [-0.05, 0) is 105 Å². The number of benzene rings is 2. The lowest BCUT2D eigenvalue weighted by molar-refractivity contribution is -0.00968. The van der Waals surface area contributed by atoms with E-state index >= 15 is 4.39 Å². The Labute approximate surface area is 201 Å². The van der Waals surface area contributed by atoms with Crippen LogP contribution in [0.1, 0.15) is 80.0 Å². The first-order chi connectivity index (χ1) is 16.5. The van der Waals surface area contributed by atoms with Gasteiger partial charge < -0.3 is 4.74 Å². The zero-order chi connectivity index (χ0) is 24.1. The van der Waals surface area contributed by atoms with E-state index in [1.54, 1.807) is 18.2 Å². The van der Waals surface area contributed by atoms with E-state index in [-0.39, 0.29) is 17.3 Å². The Morgan fingerprint density at radius 3 is 2.53 bits per heavy atom. The van der Waals surface area contributed by atoms with E-state index < -0.39 is 11.6 Å². The monoisotopic (exact) mass is 466 g/mol. The van der Waals surface area contributed by atoms with Gasteiger partial charge in [-0.2, -0.15) is 0 Å². The van der Waals surface area contributed by atoms with Gasteiger partial charge in [0.25, 0.3) is 0 Å². The van der Waals surface area contributed by atoms with Crippen LogP contribution in [0.5, 0.6) is 0 Å². The van der Waals surface area contributed by atoms with Crippen molar-refractivity contribution in [2.75, 3.05) is 6.61 Å². The SMILES string of the molecule is C=CCCc1ccc(C#Cc2ccc(C3CCC4CC(OCC)CCC4C3)c(F)c2)c(F)c1F. The molecule has 4 atom stereocenters. The summed E-state index contributed by atoms with van der Waals surface area (Å²) in [6, 6.07) is 8.07. The largest absolute Gasteiger partial charge is 0.378 e. The van der Waals surface area contributed by atoms with Crippen LogP contribution >= 0.6 is 0 Å². The molecule has 1 nitrogen and oxygen atoms in total. The van der Waals surface area contributed by atoms with Gasteiger partial charge >= 0.3 is 0 Å². The van der Waals surface area contributed by atoms with Crippen molar-refractivity contribution in [3.8, 4) is 11.8 Å². The first kappa shape index (κ1) is 24.6. The predicted molar refractivity (Wildman–Crippen MR) is 130 cm³/mol. The van der Waals surface area contributed by atoms with Gasteiger partial charge in [0.1, 0.15) is 5.82 Å². The molecule has 0 saturated heterocycles. The molecule has 4 unspecified atom stereocenters. The fourth-order valence-corrected chi connectivity index (χ4v) is 5.73. The van der Waals surface area contributed by atoms with Crippen LogP contribution in [-0.2, 0) is 11.2 Å². The molecule has 2 aromatic rings. The smallest absolute Gasteiger partial charge is 0.174 e. The standard InChI is InChI=1S/C30H33F3O/c1-3-5-6-21-10-11-22(30(33)29(21)32)9-7-20-8-16-27(28(31)17-20)25-13-12-24-19-26(34-4-2)15-14-23(24)18-25/h3,8,10-11,16-17,23-26H,1,4-6,12-15,18-19H2,2H3. The van der Waals surface area contributed by atoms with Crippen LogP contribution in [0.4, 0.5) is 13.2 Å². The van der Waals surface area contributed by atoms with Crippen molar-refractivity contribution in [3.05, 3.63) is 82.7 Å². The van der Waals surface area contributed by atoms with E-state index in [4.69, 9.17) is 4.74 Å². The molecule has 0 aliphatic heterocycles. The fraction of sp³-hybridized carbons (Fsp3) is 0.467. The molecule has 2 fully saturated rings. The molecule has 0 heterocycles. The van der Waals surface area contributed by atoms with Crippen LogP contribution in [0.2, 0.25) is 0 Å². The van der Waals surface area contributed by atoms with Crippen molar-refractivity contribution >= 4 is 0 Å². The average molecular weight is 467 g/mol. The summed E-state index contributed by atoms with van der Waals surface area (Å²) in [6.45, 7) is 6.43. The lowest BCUT2D eigenvalue weighted by Crippen LogP contribution is -2.33. The molecule has 2 saturated carbocycles. The quantitative estimate of drug-likeness (QED) is 0.313. The van der Waals surface area contributed by atoms with Crippen LogP contribution in [-0.4, -0.2) is 12.7 Å². The zero-order valence-electron chi connectivity index (χ0n) is 19.9. The molecule has 0 amide bonds. The van der Waals surface area contributed by atoms with Gasteiger partial charge in [0.2, 0.25) is 0 Å². The maximum atomic E-state index is 15.0. The van der Waals surface area contributed by atoms with E-state index in [0.29, 0.717) is 41.9 Å². The third-order valence-electron chi connectivity index (χ3n) is 7.53. The van der Waals surface area contributed by atoms with Crippen LogP contribution in [0.15, 0.2) is 43.0 Å². The number of hydrogen-bond acceptors (Lipinski definition) is 1. The molecule has 4 heteroatoms. The summed E-state index contributed by atoms with van der Waals surface area (Å²) >= 11 is 0. The topological polar surface area (TPSA) is 9.23 Å². The Hall–Kier alpha value is -2.51. The highest BCUT2D eigenvalue weighted by molar-refractivity contribution is 5.46. The number of hydrogen-bond donors (Lipinski definition) is 0. The maximum Gasteiger partial charge on any atom is 0.174 e. The minimum Gasteiger partial charge on any atom is -0.378 e. The van der Waals surface area contributed by atoms with Gasteiger partial charge in [-0.25, -0.2) is 13.2 Å². The molecule has 2 aliphatic rings. The van der Waals surface area contributed by atoms with Gasteiger partial charge in [-0.3, -0.25) is 0 Å². The van der Waals surface area contributed by atoms with Crippen molar-refractivity contribution in [3.63, 3.8) is 0 Å². The number of aryl methyl sites for hydroxylation is 1. The third kappa shape index (κ3) is 5.58. The zero-order valence-corrected chi connectivity index (χ0v) is 19.9. The van der Waals surface area contributed by atoms with Crippen molar-refractivity contribution in [1.29, 1.82) is 0 Å². The molecule has 0 radical (unpaired) electrons. The van der Waals surface area contributed by atoms with Crippen molar-refractivity contribution in [2.24, 2.45) is 11.8 Å². The Morgan fingerprint density at radius 2 is 1.76 bits per heavy atom. The Kier molecular flexibility index (Phi) is 8.16. The van der Waals surface area contributed by atoms with E-state index in [0.717, 1.165) is 50.7 Å². The van der Waals surface area contributed by atoms with Crippen molar-refractivity contribution < 1.29 is 17.9 Å². The second-order valence-corrected chi connectivity index (χ2v) is 9.63. The fourth-order valence-electron chi connectivity index (χ4n) is 5.73. The van der Waals surface area contributed by atoms with E-state index in [1.165, 1.54) is 12.1 Å². The van der Waals surface area contributed by atoms with Gasteiger partial charge in [-0.1, -0.05) is 30.0 Å². The number of ether oxygens (including phenoxy) is 1. The molecule has 34 heavy (non-hydrogen) atoms. The summed E-state index contributed by atoms with van der Waals surface area (Å²) in [5.41, 5.74) is 1.49. The summed E-state index contributed by atoms with van der Waals surface area (Å²) in [5, 5.41) is 0. The van der Waals surface area contributed by atoms with Gasteiger partial charge in [-0.15, -0.1) is 6.58 Å². The first-order valence-electron chi connectivity index (χ1n) is 12.5. The highest BCUT2D eigenvalue weighted by Crippen LogP contribution is 2.47. The number of fused-ring (bicyclic) bond motifs is 1. The van der Waals surface area contributed by atoms with E-state index in [2.05, 4.69) is 25.3 Å². The summed E-state index contributed by atoms with van der Waals surface area (Å²) in [4.78, 5) is 0. The highest BCUT2D eigenvalue weighted by atomic mass is 19.2. The average Bonchev–Trinajstić information content (AvgIpc) is 2.84. The normalized spacial score (nSPS) is 24.1. The third-order valence-corrected chi connectivity index (χ3v) is 7.53. The molecule has 4 rings (SSSR count). The molecule has 2 aliphatic carbocycles. The first-order valence-corrected chi connectivity index (χ1v) is 12.5. The summed E-state index contributed by atoms with van der Waals surface area (Å²) in [6.07, 6.45) is 9.55. The maximum absolute atomic E-state index is 15.0. The lowest BCUT2D eigenvalue weighted by Gasteiger charge is -2.42. The molecular formula is C30H33F3O. The molecule has 0 aromatic heterocycles. The summed E-state index contributed by atoms with van der Waals surface area (Å²) in [5.74, 6) is 4.93. The second-order valence-electron chi connectivity index (χ2n) is 9.63.